The van der Waals surface area contributed by atoms with Gasteiger partial charge in [0.25, 0.3) is 0 Å². The third kappa shape index (κ3) is 4.37. The van der Waals surface area contributed by atoms with Crippen molar-refractivity contribution in [3.05, 3.63) is 0 Å². The molecule has 0 aromatic heterocycles. The second kappa shape index (κ2) is 3.28. The summed E-state index contributed by atoms with van der Waals surface area (Å²) in [5.74, 6) is 5.40. The van der Waals surface area contributed by atoms with Crippen LogP contribution in [0.3, 0.4) is 0 Å². The number of nitrogens with two attached hydrogens (primary N) is 1. The Kier molecular flexibility index (Phi) is 4.53. The van der Waals surface area contributed by atoms with Crippen molar-refractivity contribution in [2.45, 2.75) is 26.3 Å². The Morgan fingerprint density at radius 2 is 1.38 bits per heavy atom. The zero-order chi connectivity index (χ0) is 6.08. The van der Waals surface area contributed by atoms with E-state index in [1.165, 1.54) is 0 Å². The molecule has 8 heavy (non-hydrogen) atoms. The highest BCUT2D eigenvalue weighted by molar-refractivity contribution is 5.85. The zero-order valence-electron chi connectivity index (χ0n) is 5.93. The van der Waals surface area contributed by atoms with Gasteiger partial charge in [-0.1, -0.05) is 0 Å². The number of rotatable bonds is 0. The molecule has 0 bridgehead atoms. The summed E-state index contributed by atoms with van der Waals surface area (Å²) in [5.41, 5.74) is 0.111. The van der Waals surface area contributed by atoms with E-state index < -0.39 is 0 Å². The Labute approximate surface area is 57.4 Å². The van der Waals surface area contributed by atoms with Gasteiger partial charge in [-0.05, 0) is 20.8 Å². The van der Waals surface area contributed by atoms with Gasteiger partial charge in [0.2, 0.25) is 0 Å². The number of hydrazine groups is 1. The van der Waals surface area contributed by atoms with Crippen LogP contribution < -0.4 is 5.84 Å². The van der Waals surface area contributed by atoms with Crippen molar-refractivity contribution in [3.8, 4) is 0 Å². The lowest BCUT2D eigenvalue weighted by atomic mass is 10.1. The standard InChI is InChI=1S/C5H14N2.ClH/c1-5(2,3)7(4)6;/h6H2,1-4H3;1H. The molecule has 0 saturated carbocycles. The van der Waals surface area contributed by atoms with Crippen molar-refractivity contribution < 1.29 is 0 Å². The van der Waals surface area contributed by atoms with Gasteiger partial charge in [-0.25, -0.2) is 5.01 Å². The van der Waals surface area contributed by atoms with E-state index in [1.54, 1.807) is 5.01 Å². The van der Waals surface area contributed by atoms with Gasteiger partial charge < -0.3 is 0 Å². The normalized spacial score (nSPS) is 11.2. The molecular formula is C5H15ClN2. The summed E-state index contributed by atoms with van der Waals surface area (Å²) in [6.45, 7) is 6.19. The van der Waals surface area contributed by atoms with Crippen molar-refractivity contribution in [2.24, 2.45) is 5.84 Å². The molecule has 0 atom stereocenters. The van der Waals surface area contributed by atoms with Gasteiger partial charge in [0, 0.05) is 12.6 Å². The lowest BCUT2D eigenvalue weighted by molar-refractivity contribution is 0.180. The maximum atomic E-state index is 5.40. The zero-order valence-corrected chi connectivity index (χ0v) is 6.75. The van der Waals surface area contributed by atoms with Gasteiger partial charge in [-0.3, -0.25) is 5.84 Å². The fourth-order valence-corrected chi connectivity index (χ4v) is 0. The van der Waals surface area contributed by atoms with Gasteiger partial charge in [-0.2, -0.15) is 0 Å². The van der Waals surface area contributed by atoms with Crippen LogP contribution in [0, 0.1) is 0 Å². The van der Waals surface area contributed by atoms with Gasteiger partial charge in [0.15, 0.2) is 0 Å². The van der Waals surface area contributed by atoms with Crippen LogP contribution in [-0.2, 0) is 0 Å². The molecule has 0 rings (SSSR count). The molecule has 0 unspecified atom stereocenters. The SMILES string of the molecule is CN(N)C(C)(C)C.Cl. The number of hydrogen-bond acceptors (Lipinski definition) is 2. The van der Waals surface area contributed by atoms with Crippen molar-refractivity contribution in [3.63, 3.8) is 0 Å². The summed E-state index contributed by atoms with van der Waals surface area (Å²) >= 11 is 0. The van der Waals surface area contributed by atoms with Gasteiger partial charge in [0.1, 0.15) is 0 Å². The first-order valence-corrected chi connectivity index (χ1v) is 2.43. The van der Waals surface area contributed by atoms with E-state index in [1.807, 2.05) is 7.05 Å². The molecule has 52 valence electrons. The van der Waals surface area contributed by atoms with Crippen molar-refractivity contribution in [2.75, 3.05) is 7.05 Å². The van der Waals surface area contributed by atoms with Crippen LogP contribution in [0.25, 0.3) is 0 Å². The molecular weight excluding hydrogens is 124 g/mol. The molecule has 0 fully saturated rings. The van der Waals surface area contributed by atoms with E-state index in [-0.39, 0.29) is 17.9 Å². The average molecular weight is 139 g/mol. The molecule has 0 saturated heterocycles. The Hall–Kier alpha value is 0.210. The minimum atomic E-state index is 0. The molecule has 0 heterocycles. The summed E-state index contributed by atoms with van der Waals surface area (Å²) in [7, 11) is 1.86. The highest BCUT2D eigenvalue weighted by atomic mass is 35.5. The quantitative estimate of drug-likeness (QED) is 0.400. The van der Waals surface area contributed by atoms with Crippen LogP contribution in [0.15, 0.2) is 0 Å². The molecule has 2 nitrogen and oxygen atoms in total. The first-order valence-electron chi connectivity index (χ1n) is 2.43. The van der Waals surface area contributed by atoms with E-state index in [2.05, 4.69) is 20.8 Å². The molecule has 0 aliphatic heterocycles. The monoisotopic (exact) mass is 138 g/mol. The van der Waals surface area contributed by atoms with Crippen LogP contribution in [0.1, 0.15) is 20.8 Å². The Morgan fingerprint density at radius 3 is 1.38 bits per heavy atom. The molecule has 0 aromatic carbocycles. The predicted octanol–water partition coefficient (Wildman–Crippen LogP) is 1.01. The average Bonchev–Trinajstić information content (AvgIpc) is 1.31. The molecule has 0 amide bonds. The maximum Gasteiger partial charge on any atom is 0.0264 e. The van der Waals surface area contributed by atoms with Crippen LogP contribution in [-0.4, -0.2) is 17.6 Å². The van der Waals surface area contributed by atoms with Crippen molar-refractivity contribution >= 4 is 12.4 Å². The first kappa shape index (κ1) is 11.1. The van der Waals surface area contributed by atoms with Gasteiger partial charge in [-0.15, -0.1) is 12.4 Å². The lowest BCUT2D eigenvalue weighted by Crippen LogP contribution is -2.43. The van der Waals surface area contributed by atoms with E-state index in [4.69, 9.17) is 5.84 Å². The topological polar surface area (TPSA) is 29.3 Å². The molecule has 2 N–H and O–H groups in total. The number of hydrogen-bond donors (Lipinski definition) is 1. The minimum Gasteiger partial charge on any atom is -0.269 e. The van der Waals surface area contributed by atoms with E-state index in [0.29, 0.717) is 0 Å². The van der Waals surface area contributed by atoms with E-state index in [9.17, 15) is 0 Å². The summed E-state index contributed by atoms with van der Waals surface area (Å²) in [6.07, 6.45) is 0. The summed E-state index contributed by atoms with van der Waals surface area (Å²) in [6, 6.07) is 0. The van der Waals surface area contributed by atoms with Crippen molar-refractivity contribution in [1.29, 1.82) is 0 Å². The Morgan fingerprint density at radius 1 is 1.25 bits per heavy atom. The van der Waals surface area contributed by atoms with E-state index >= 15 is 0 Å². The number of nitrogens with zero attached hydrogens (tertiary/aromatic N) is 1. The van der Waals surface area contributed by atoms with E-state index in [0.717, 1.165) is 0 Å². The first-order chi connectivity index (χ1) is 2.94. The summed E-state index contributed by atoms with van der Waals surface area (Å²) in [5, 5.41) is 1.69. The van der Waals surface area contributed by atoms with Crippen LogP contribution in [0.2, 0.25) is 0 Å². The Balaban J connectivity index is 0. The third-order valence-corrected chi connectivity index (χ3v) is 1.06. The molecule has 3 heteroatoms. The molecule has 0 aromatic rings. The second-order valence-corrected chi connectivity index (χ2v) is 2.78. The maximum absolute atomic E-state index is 5.40. The molecule has 0 aliphatic rings. The smallest absolute Gasteiger partial charge is 0.0264 e. The van der Waals surface area contributed by atoms with Gasteiger partial charge >= 0.3 is 0 Å². The summed E-state index contributed by atoms with van der Waals surface area (Å²) < 4.78 is 0. The Bertz CT molecular complexity index is 55.9. The second-order valence-electron chi connectivity index (χ2n) is 2.78. The lowest BCUT2D eigenvalue weighted by Gasteiger charge is -2.26. The van der Waals surface area contributed by atoms with Gasteiger partial charge in [0.05, 0.1) is 0 Å². The van der Waals surface area contributed by atoms with Crippen LogP contribution >= 0.6 is 12.4 Å². The predicted molar refractivity (Wildman–Crippen MR) is 39.0 cm³/mol. The van der Waals surface area contributed by atoms with Crippen LogP contribution in [0.4, 0.5) is 0 Å². The minimum absolute atomic E-state index is 0. The highest BCUT2D eigenvalue weighted by Gasteiger charge is 2.11. The fourth-order valence-electron chi connectivity index (χ4n) is 0. The fraction of sp³-hybridized carbons (Fsp3) is 1.00. The third-order valence-electron chi connectivity index (χ3n) is 1.06. The highest BCUT2D eigenvalue weighted by Crippen LogP contribution is 2.03. The van der Waals surface area contributed by atoms with Crippen LogP contribution in [0.5, 0.6) is 0 Å². The molecule has 0 spiro atoms. The molecule has 0 radical (unpaired) electrons. The summed E-state index contributed by atoms with van der Waals surface area (Å²) in [4.78, 5) is 0. The van der Waals surface area contributed by atoms with Crippen molar-refractivity contribution in [1.82, 2.24) is 5.01 Å². The molecule has 0 aliphatic carbocycles. The number of halogens is 1. The largest absolute Gasteiger partial charge is 0.269 e.